The summed E-state index contributed by atoms with van der Waals surface area (Å²) in [6.07, 6.45) is -5.21. The van der Waals surface area contributed by atoms with Gasteiger partial charge in [-0.15, -0.1) is 0 Å². The molecule has 0 spiro atoms. The number of aliphatic hydroxyl groups is 1. The fraction of sp³-hybridized carbons (Fsp3) is 0.591. The van der Waals surface area contributed by atoms with Crippen LogP contribution in [0.15, 0.2) is 28.8 Å². The summed E-state index contributed by atoms with van der Waals surface area (Å²) >= 11 is 0. The van der Waals surface area contributed by atoms with E-state index in [2.05, 4.69) is 10.1 Å². The average molecular weight is 484 g/mol. The first-order chi connectivity index (χ1) is 16.2. The third-order valence-electron chi connectivity index (χ3n) is 6.00. The van der Waals surface area contributed by atoms with Crippen LogP contribution < -0.4 is 4.74 Å². The Bertz CT molecular complexity index is 962. The van der Waals surface area contributed by atoms with Crippen molar-refractivity contribution in [3.05, 3.63) is 41.3 Å². The molecule has 9 nitrogen and oxygen atoms in total. The second kappa shape index (κ2) is 10.2. The summed E-state index contributed by atoms with van der Waals surface area (Å²) in [6.45, 7) is 1.90. The van der Waals surface area contributed by atoms with Crippen LogP contribution in [0.4, 0.5) is 18.0 Å². The molecule has 2 atom stereocenters. The molecule has 2 aliphatic heterocycles. The third-order valence-corrected chi connectivity index (χ3v) is 6.00. The van der Waals surface area contributed by atoms with Crippen molar-refractivity contribution in [2.75, 3.05) is 46.5 Å². The monoisotopic (exact) mass is 484 g/mol. The highest BCUT2D eigenvalue weighted by Gasteiger charge is 2.39. The van der Waals surface area contributed by atoms with Gasteiger partial charge in [0.15, 0.2) is 0 Å². The number of halogens is 3. The van der Waals surface area contributed by atoms with Crippen LogP contribution in [0.5, 0.6) is 6.01 Å². The molecule has 1 N–H and O–H groups in total. The number of aliphatic hydroxyl groups excluding tert-OH is 1. The molecule has 2 saturated heterocycles. The maximum atomic E-state index is 13.0. The molecular formula is C22H27F3N4O5. The van der Waals surface area contributed by atoms with E-state index in [1.807, 2.05) is 0 Å². The summed E-state index contributed by atoms with van der Waals surface area (Å²) in [7, 11) is 1.55. The van der Waals surface area contributed by atoms with E-state index in [4.69, 9.17) is 14.0 Å². The number of urea groups is 1. The number of hydrogen-bond acceptors (Lipinski definition) is 7. The van der Waals surface area contributed by atoms with Gasteiger partial charge < -0.3 is 28.9 Å². The van der Waals surface area contributed by atoms with Gasteiger partial charge in [0.25, 0.3) is 0 Å². The average Bonchev–Trinajstić information content (AvgIpc) is 3.25. The van der Waals surface area contributed by atoms with Crippen molar-refractivity contribution < 1.29 is 37.1 Å². The summed E-state index contributed by atoms with van der Waals surface area (Å²) in [4.78, 5) is 20.5. The smallest absolute Gasteiger partial charge is 0.393 e. The van der Waals surface area contributed by atoms with Gasteiger partial charge in [-0.05, 0) is 22.7 Å². The van der Waals surface area contributed by atoms with Gasteiger partial charge in [0.05, 0.1) is 38.1 Å². The fourth-order valence-electron chi connectivity index (χ4n) is 4.29. The normalized spacial score (nSPS) is 21.4. The summed E-state index contributed by atoms with van der Waals surface area (Å²) in [5.74, 6) is -0.0955. The maximum absolute atomic E-state index is 13.0. The van der Waals surface area contributed by atoms with E-state index < -0.39 is 18.7 Å². The lowest BCUT2D eigenvalue weighted by Gasteiger charge is -2.43. The summed E-state index contributed by atoms with van der Waals surface area (Å²) in [5.41, 5.74) is 1.01. The minimum Gasteiger partial charge on any atom is -0.459 e. The fourth-order valence-corrected chi connectivity index (χ4v) is 4.29. The van der Waals surface area contributed by atoms with Gasteiger partial charge in [-0.3, -0.25) is 0 Å². The van der Waals surface area contributed by atoms with Crippen molar-refractivity contribution in [3.63, 3.8) is 0 Å². The number of amides is 2. The van der Waals surface area contributed by atoms with Crippen LogP contribution in [-0.4, -0.2) is 89.9 Å². The number of alkyl halides is 3. The lowest BCUT2D eigenvalue weighted by atomic mass is 9.84. The molecule has 2 aromatic rings. The molecule has 12 heteroatoms. The molecule has 34 heavy (non-hydrogen) atoms. The Labute approximate surface area is 194 Å². The first-order valence-electron chi connectivity index (χ1n) is 11.0. The first-order valence-corrected chi connectivity index (χ1v) is 11.0. The Morgan fingerprint density at radius 3 is 2.44 bits per heavy atom. The maximum Gasteiger partial charge on any atom is 0.393 e. The number of piperidine rings is 1. The van der Waals surface area contributed by atoms with Crippen molar-refractivity contribution >= 4 is 6.03 Å². The number of aromatic nitrogens is 2. The topological polar surface area (TPSA) is 101 Å². The molecule has 2 unspecified atom stereocenters. The molecule has 2 amide bonds. The quantitative estimate of drug-likeness (QED) is 0.603. The Hall–Kier alpha value is -2.86. The number of β-amino-alcohol motifs (C(OH)–C–C–N with tert-alkyl or cyclic N) is 1. The van der Waals surface area contributed by atoms with Gasteiger partial charge in [-0.1, -0.05) is 24.3 Å². The number of likely N-dealkylation sites (tertiary alicyclic amines) is 2. The Balaban J connectivity index is 1.51. The van der Waals surface area contributed by atoms with Crippen LogP contribution >= 0.6 is 0 Å². The van der Waals surface area contributed by atoms with E-state index in [-0.39, 0.29) is 49.1 Å². The van der Waals surface area contributed by atoms with E-state index >= 15 is 0 Å². The van der Waals surface area contributed by atoms with Gasteiger partial charge in [0.2, 0.25) is 5.89 Å². The molecule has 0 saturated carbocycles. The molecule has 186 valence electrons. The minimum absolute atomic E-state index is 0.0782. The van der Waals surface area contributed by atoms with Crippen molar-refractivity contribution in [1.82, 2.24) is 19.9 Å². The number of ether oxygens (including phenoxy) is 2. The zero-order valence-electron chi connectivity index (χ0n) is 18.7. The van der Waals surface area contributed by atoms with Crippen LogP contribution in [0.2, 0.25) is 0 Å². The standard InChI is InChI=1S/C22H27F3N4O5/c1-32-6-7-33-20-26-19(34-27-20)17-8-16(10-28(11-17)21(31)29-12-18(30)13-29)15-4-2-14(3-5-15)9-22(23,24)25/h2-5,16-18,30H,6-13H2,1H3. The van der Waals surface area contributed by atoms with Crippen LogP contribution in [0.25, 0.3) is 0 Å². The number of benzene rings is 1. The van der Waals surface area contributed by atoms with Crippen molar-refractivity contribution in [3.8, 4) is 6.01 Å². The number of hydrogen-bond donors (Lipinski definition) is 1. The highest BCUT2D eigenvalue weighted by molar-refractivity contribution is 5.75. The van der Waals surface area contributed by atoms with Gasteiger partial charge in [0, 0.05) is 26.1 Å². The van der Waals surface area contributed by atoms with E-state index in [0.29, 0.717) is 32.0 Å². The number of nitrogens with zero attached hydrogens (tertiary/aromatic N) is 4. The van der Waals surface area contributed by atoms with E-state index in [0.717, 1.165) is 5.56 Å². The highest BCUT2D eigenvalue weighted by atomic mass is 19.4. The molecule has 4 rings (SSSR count). The van der Waals surface area contributed by atoms with Crippen molar-refractivity contribution in [2.24, 2.45) is 0 Å². The Morgan fingerprint density at radius 2 is 1.79 bits per heavy atom. The summed E-state index contributed by atoms with van der Waals surface area (Å²) in [6, 6.07) is 6.17. The Kier molecular flexibility index (Phi) is 7.27. The third kappa shape index (κ3) is 5.98. The number of rotatable bonds is 7. The molecule has 1 aromatic carbocycles. The molecular weight excluding hydrogens is 457 g/mol. The highest BCUT2D eigenvalue weighted by Crippen LogP contribution is 2.37. The van der Waals surface area contributed by atoms with E-state index in [9.17, 15) is 23.1 Å². The zero-order valence-corrected chi connectivity index (χ0v) is 18.7. The van der Waals surface area contributed by atoms with Gasteiger partial charge in [-0.25, -0.2) is 4.79 Å². The predicted molar refractivity (Wildman–Crippen MR) is 113 cm³/mol. The molecule has 0 radical (unpaired) electrons. The minimum atomic E-state index is -4.27. The SMILES string of the molecule is COCCOc1noc(C2CC(c3ccc(CC(F)(F)F)cc3)CN(C(=O)N3CC(O)C3)C2)n1. The molecule has 0 bridgehead atoms. The predicted octanol–water partition coefficient (Wildman–Crippen LogP) is 2.57. The van der Waals surface area contributed by atoms with Gasteiger partial charge >= 0.3 is 18.2 Å². The molecule has 3 heterocycles. The number of carbonyl (C=O) groups is 1. The zero-order chi connectivity index (χ0) is 24.3. The van der Waals surface area contributed by atoms with Gasteiger partial charge in [-0.2, -0.15) is 18.2 Å². The van der Waals surface area contributed by atoms with Crippen LogP contribution in [0, 0.1) is 0 Å². The number of carbonyl (C=O) groups excluding carboxylic acids is 1. The lowest BCUT2D eigenvalue weighted by Crippen LogP contribution is -2.59. The van der Waals surface area contributed by atoms with Crippen LogP contribution in [0.3, 0.4) is 0 Å². The second-order valence-electron chi connectivity index (χ2n) is 8.67. The van der Waals surface area contributed by atoms with E-state index in [1.54, 1.807) is 29.0 Å². The van der Waals surface area contributed by atoms with Crippen molar-refractivity contribution in [1.29, 1.82) is 0 Å². The Morgan fingerprint density at radius 1 is 1.12 bits per heavy atom. The molecule has 1 aromatic heterocycles. The largest absolute Gasteiger partial charge is 0.459 e. The van der Waals surface area contributed by atoms with Crippen LogP contribution in [0.1, 0.15) is 35.3 Å². The molecule has 2 fully saturated rings. The first kappa shape index (κ1) is 24.3. The molecule has 0 aliphatic carbocycles. The summed E-state index contributed by atoms with van der Waals surface area (Å²) in [5, 5.41) is 13.4. The molecule has 2 aliphatic rings. The van der Waals surface area contributed by atoms with Crippen molar-refractivity contribution in [2.45, 2.75) is 37.0 Å². The second-order valence-corrected chi connectivity index (χ2v) is 8.67. The van der Waals surface area contributed by atoms with E-state index in [1.165, 1.54) is 12.1 Å². The van der Waals surface area contributed by atoms with Gasteiger partial charge in [0.1, 0.15) is 6.61 Å². The number of methoxy groups -OCH3 is 1. The van der Waals surface area contributed by atoms with Crippen LogP contribution in [-0.2, 0) is 11.2 Å². The lowest BCUT2D eigenvalue weighted by molar-refractivity contribution is -0.127. The summed E-state index contributed by atoms with van der Waals surface area (Å²) < 4.78 is 53.8.